The van der Waals surface area contributed by atoms with Crippen LogP contribution in [0.15, 0.2) is 0 Å². The Morgan fingerprint density at radius 1 is 1.36 bits per heavy atom. The Morgan fingerprint density at radius 3 is 2.07 bits per heavy atom. The molecule has 0 spiro atoms. The molecule has 0 aromatic carbocycles. The molecule has 0 aromatic heterocycles. The summed E-state index contributed by atoms with van der Waals surface area (Å²) in [4.78, 5) is 10.00. The zero-order chi connectivity index (χ0) is 11.4. The van der Waals surface area contributed by atoms with Gasteiger partial charge in [-0.3, -0.25) is 0 Å². The second-order valence-corrected chi connectivity index (χ2v) is 3.24. The van der Waals surface area contributed by atoms with E-state index in [-0.39, 0.29) is 0 Å². The van der Waals surface area contributed by atoms with E-state index >= 15 is 0 Å². The van der Waals surface area contributed by atoms with Crippen LogP contribution in [0.1, 0.15) is 6.92 Å². The van der Waals surface area contributed by atoms with Gasteiger partial charge in [-0.25, -0.2) is 4.79 Å². The summed E-state index contributed by atoms with van der Waals surface area (Å²) < 4.78 is 25.0. The first-order valence-corrected chi connectivity index (χ1v) is 3.85. The SMILES string of the molecule is CC(CO)(CO)NCC(F)(F)C(=O)O. The Labute approximate surface area is 79.4 Å². The number of carbonyl (C=O) groups is 1. The minimum Gasteiger partial charge on any atom is -0.477 e. The number of hydrogen-bond acceptors (Lipinski definition) is 4. The highest BCUT2D eigenvalue weighted by molar-refractivity contribution is 5.75. The molecule has 0 rings (SSSR count). The first-order chi connectivity index (χ1) is 6.27. The third-order valence-corrected chi connectivity index (χ3v) is 1.75. The Kier molecular flexibility index (Phi) is 4.37. The van der Waals surface area contributed by atoms with Gasteiger partial charge in [0.2, 0.25) is 0 Å². The lowest BCUT2D eigenvalue weighted by Crippen LogP contribution is -2.54. The second kappa shape index (κ2) is 4.63. The molecule has 0 atom stereocenters. The summed E-state index contributed by atoms with van der Waals surface area (Å²) in [5.41, 5.74) is -1.31. The van der Waals surface area contributed by atoms with Gasteiger partial charge in [-0.2, -0.15) is 8.78 Å². The van der Waals surface area contributed by atoms with Crippen molar-refractivity contribution >= 4 is 5.97 Å². The van der Waals surface area contributed by atoms with Gasteiger partial charge >= 0.3 is 11.9 Å². The molecular weight excluding hydrogens is 200 g/mol. The van der Waals surface area contributed by atoms with E-state index in [0.717, 1.165) is 0 Å². The van der Waals surface area contributed by atoms with Gasteiger partial charge < -0.3 is 20.6 Å². The predicted octanol–water partition coefficient (Wildman–Crippen LogP) is -0.961. The lowest BCUT2D eigenvalue weighted by atomic mass is 10.1. The fourth-order valence-corrected chi connectivity index (χ4v) is 0.562. The summed E-state index contributed by atoms with van der Waals surface area (Å²) in [6, 6.07) is 0. The van der Waals surface area contributed by atoms with E-state index in [4.69, 9.17) is 15.3 Å². The van der Waals surface area contributed by atoms with Gasteiger partial charge in [-0.15, -0.1) is 0 Å². The van der Waals surface area contributed by atoms with Gasteiger partial charge in [-0.1, -0.05) is 0 Å². The van der Waals surface area contributed by atoms with Crippen molar-refractivity contribution in [1.29, 1.82) is 0 Å². The number of carboxylic acids is 1. The smallest absolute Gasteiger partial charge is 0.375 e. The molecule has 5 nitrogen and oxygen atoms in total. The van der Waals surface area contributed by atoms with Crippen LogP contribution in [0.4, 0.5) is 8.78 Å². The molecule has 0 unspecified atom stereocenters. The van der Waals surface area contributed by atoms with Crippen molar-refractivity contribution in [2.45, 2.75) is 18.4 Å². The average Bonchev–Trinajstić information content (AvgIpc) is 2.14. The van der Waals surface area contributed by atoms with Gasteiger partial charge in [0.15, 0.2) is 0 Å². The lowest BCUT2D eigenvalue weighted by Gasteiger charge is -2.27. The molecule has 0 aliphatic heterocycles. The Hall–Kier alpha value is -0.790. The lowest BCUT2D eigenvalue weighted by molar-refractivity contribution is -0.164. The van der Waals surface area contributed by atoms with Crippen molar-refractivity contribution in [3.05, 3.63) is 0 Å². The van der Waals surface area contributed by atoms with Gasteiger partial charge in [0.05, 0.1) is 25.3 Å². The second-order valence-electron chi connectivity index (χ2n) is 3.24. The third kappa shape index (κ3) is 3.52. The van der Waals surface area contributed by atoms with Gasteiger partial charge in [-0.05, 0) is 6.92 Å². The maximum Gasteiger partial charge on any atom is 0.375 e. The summed E-state index contributed by atoms with van der Waals surface area (Å²) in [6.45, 7) is -0.983. The number of halogens is 2. The summed E-state index contributed by atoms with van der Waals surface area (Å²) in [7, 11) is 0. The molecule has 0 aromatic rings. The molecule has 0 saturated heterocycles. The summed E-state index contributed by atoms with van der Waals surface area (Å²) in [5, 5.41) is 27.6. The van der Waals surface area contributed by atoms with Crippen LogP contribution in [0, 0.1) is 0 Å². The van der Waals surface area contributed by atoms with Crippen LogP contribution in [0.3, 0.4) is 0 Å². The zero-order valence-electron chi connectivity index (χ0n) is 7.63. The molecule has 0 aliphatic rings. The standard InChI is InChI=1S/C7H13F2NO4/c1-6(3-11,4-12)10-2-7(8,9)5(13)14/h10-12H,2-4H2,1H3,(H,13,14). The van der Waals surface area contributed by atoms with E-state index in [1.165, 1.54) is 6.92 Å². The Balaban J connectivity index is 4.23. The predicted molar refractivity (Wildman–Crippen MR) is 43.2 cm³/mol. The number of carboxylic acid groups (broad SMARTS) is 1. The van der Waals surface area contributed by atoms with Gasteiger partial charge in [0, 0.05) is 0 Å². The van der Waals surface area contributed by atoms with Crippen LogP contribution >= 0.6 is 0 Å². The number of alkyl halides is 2. The number of hydrogen-bond donors (Lipinski definition) is 4. The number of aliphatic hydroxyl groups excluding tert-OH is 2. The van der Waals surface area contributed by atoms with Crippen LogP contribution in [0.5, 0.6) is 0 Å². The fraction of sp³-hybridized carbons (Fsp3) is 0.857. The van der Waals surface area contributed by atoms with Gasteiger partial charge in [0.25, 0.3) is 0 Å². The van der Waals surface area contributed by atoms with Crippen molar-refractivity contribution in [3.63, 3.8) is 0 Å². The molecule has 0 fully saturated rings. The first-order valence-electron chi connectivity index (χ1n) is 3.85. The van der Waals surface area contributed by atoms with Crippen molar-refractivity contribution < 1.29 is 28.9 Å². The maximum atomic E-state index is 12.5. The Bertz CT molecular complexity index is 206. The fourth-order valence-electron chi connectivity index (χ4n) is 0.562. The topological polar surface area (TPSA) is 89.8 Å². The van der Waals surface area contributed by atoms with Crippen molar-refractivity contribution in [1.82, 2.24) is 5.32 Å². The largest absolute Gasteiger partial charge is 0.477 e. The molecule has 0 aliphatic carbocycles. The molecule has 4 N–H and O–H groups in total. The number of rotatable bonds is 6. The molecule has 0 bridgehead atoms. The van der Waals surface area contributed by atoms with Gasteiger partial charge in [0.1, 0.15) is 0 Å². The summed E-state index contributed by atoms with van der Waals surface area (Å²) in [6.07, 6.45) is 0. The molecule has 0 saturated carbocycles. The molecule has 0 amide bonds. The molecular formula is C7H13F2NO4. The molecule has 84 valence electrons. The number of aliphatic carboxylic acids is 1. The van der Waals surface area contributed by atoms with E-state index in [1.54, 1.807) is 0 Å². The van der Waals surface area contributed by atoms with Crippen molar-refractivity contribution in [3.8, 4) is 0 Å². The minimum atomic E-state index is -3.91. The molecule has 0 heterocycles. The molecule has 7 heteroatoms. The summed E-state index contributed by atoms with van der Waals surface area (Å²) >= 11 is 0. The van der Waals surface area contributed by atoms with E-state index in [0.29, 0.717) is 0 Å². The highest BCUT2D eigenvalue weighted by atomic mass is 19.3. The highest BCUT2D eigenvalue weighted by Crippen LogP contribution is 2.13. The Morgan fingerprint density at radius 2 is 1.79 bits per heavy atom. The maximum absolute atomic E-state index is 12.5. The quantitative estimate of drug-likeness (QED) is 0.456. The van der Waals surface area contributed by atoms with Crippen LogP contribution in [-0.4, -0.2) is 52.5 Å². The van der Waals surface area contributed by atoms with Crippen molar-refractivity contribution in [2.75, 3.05) is 19.8 Å². The van der Waals surface area contributed by atoms with E-state index < -0.39 is 37.2 Å². The monoisotopic (exact) mass is 213 g/mol. The first kappa shape index (κ1) is 13.2. The number of aliphatic hydroxyl groups is 2. The van der Waals surface area contributed by atoms with Crippen molar-refractivity contribution in [2.24, 2.45) is 0 Å². The molecule has 0 radical (unpaired) electrons. The number of nitrogens with one attached hydrogen (secondary N) is 1. The van der Waals surface area contributed by atoms with E-state index in [1.807, 2.05) is 0 Å². The third-order valence-electron chi connectivity index (χ3n) is 1.75. The zero-order valence-corrected chi connectivity index (χ0v) is 7.63. The highest BCUT2D eigenvalue weighted by Gasteiger charge is 2.40. The van der Waals surface area contributed by atoms with Crippen LogP contribution < -0.4 is 5.32 Å². The van der Waals surface area contributed by atoms with E-state index in [2.05, 4.69) is 5.32 Å². The van der Waals surface area contributed by atoms with E-state index in [9.17, 15) is 13.6 Å². The average molecular weight is 213 g/mol. The minimum absolute atomic E-state index is 0.570. The summed E-state index contributed by atoms with van der Waals surface area (Å²) in [5.74, 6) is -6.16. The molecule has 14 heavy (non-hydrogen) atoms. The normalized spacial score (nSPS) is 12.9. The van der Waals surface area contributed by atoms with Crippen LogP contribution in [-0.2, 0) is 4.79 Å². The van der Waals surface area contributed by atoms with Crippen LogP contribution in [0.25, 0.3) is 0 Å². The van der Waals surface area contributed by atoms with Crippen LogP contribution in [0.2, 0.25) is 0 Å².